The summed E-state index contributed by atoms with van der Waals surface area (Å²) in [6, 6.07) is 11.8. The topological polar surface area (TPSA) is 84.8 Å². The summed E-state index contributed by atoms with van der Waals surface area (Å²) in [4.78, 5) is 4.75. The van der Waals surface area contributed by atoms with Gasteiger partial charge in [-0.25, -0.2) is 4.99 Å². The van der Waals surface area contributed by atoms with Gasteiger partial charge in [0.1, 0.15) is 17.3 Å². The number of ether oxygens (including phenoxy) is 1. The van der Waals surface area contributed by atoms with E-state index in [-0.39, 0.29) is 24.0 Å². The Bertz CT molecular complexity index is 899. The molecule has 0 saturated heterocycles. The van der Waals surface area contributed by atoms with E-state index in [0.29, 0.717) is 19.6 Å². The minimum atomic E-state index is 0. The van der Waals surface area contributed by atoms with E-state index in [1.54, 1.807) is 13.4 Å². The van der Waals surface area contributed by atoms with Gasteiger partial charge in [-0.3, -0.25) is 0 Å². The second kappa shape index (κ2) is 13.0. The molecule has 0 amide bonds. The first-order valence-electron chi connectivity index (χ1n) is 10.4. The molecule has 168 valence electrons. The van der Waals surface area contributed by atoms with Gasteiger partial charge < -0.3 is 24.3 Å². The number of aromatic nitrogens is 1. The van der Waals surface area contributed by atoms with Crippen molar-refractivity contribution in [3.8, 4) is 5.75 Å². The van der Waals surface area contributed by atoms with E-state index in [0.717, 1.165) is 59.3 Å². The Hall–Kier alpha value is -2.49. The number of halogens is 1. The van der Waals surface area contributed by atoms with Gasteiger partial charge in [-0.15, -0.1) is 24.0 Å². The second-order valence-corrected chi connectivity index (χ2v) is 6.86. The van der Waals surface area contributed by atoms with Gasteiger partial charge in [-0.2, -0.15) is 0 Å². The Morgan fingerprint density at radius 2 is 1.90 bits per heavy atom. The molecule has 3 aromatic rings. The molecular weight excluding hydrogens is 507 g/mol. The van der Waals surface area contributed by atoms with Crippen molar-refractivity contribution in [2.75, 3.05) is 13.7 Å². The highest BCUT2D eigenvalue weighted by molar-refractivity contribution is 14.0. The lowest BCUT2D eigenvalue weighted by molar-refractivity contribution is 0.380. The van der Waals surface area contributed by atoms with E-state index in [2.05, 4.69) is 29.6 Å². The van der Waals surface area contributed by atoms with Crippen LogP contribution < -0.4 is 15.4 Å². The highest BCUT2D eigenvalue weighted by atomic mass is 127. The lowest BCUT2D eigenvalue weighted by Crippen LogP contribution is -2.38. The number of hydrogen-bond acceptors (Lipinski definition) is 5. The molecule has 3 rings (SSSR count). The van der Waals surface area contributed by atoms with E-state index in [1.807, 2.05) is 36.4 Å². The Balaban J connectivity index is 0.00000341. The van der Waals surface area contributed by atoms with E-state index < -0.39 is 0 Å². The lowest BCUT2D eigenvalue weighted by atomic mass is 10.1. The van der Waals surface area contributed by atoms with Crippen LogP contribution in [0.5, 0.6) is 5.75 Å². The van der Waals surface area contributed by atoms with Crippen LogP contribution in [-0.4, -0.2) is 24.8 Å². The molecular formula is C23H31IN4O3. The third-order valence-corrected chi connectivity index (χ3v) is 4.86. The zero-order valence-electron chi connectivity index (χ0n) is 18.3. The molecule has 2 aromatic heterocycles. The first kappa shape index (κ1) is 24.8. The normalized spacial score (nSPS) is 11.1. The molecule has 0 aliphatic heterocycles. The summed E-state index contributed by atoms with van der Waals surface area (Å²) in [7, 11) is 1.66. The van der Waals surface area contributed by atoms with Crippen molar-refractivity contribution in [1.82, 2.24) is 15.8 Å². The number of nitrogens with zero attached hydrogens (tertiary/aromatic N) is 2. The number of furan rings is 1. The largest absolute Gasteiger partial charge is 0.497 e. The number of benzene rings is 1. The fourth-order valence-electron chi connectivity index (χ4n) is 3.14. The molecule has 0 spiro atoms. The molecule has 0 aliphatic carbocycles. The zero-order chi connectivity index (χ0) is 21.2. The van der Waals surface area contributed by atoms with Crippen LogP contribution in [0.1, 0.15) is 42.2 Å². The number of hydrogen-bond donors (Lipinski definition) is 2. The highest BCUT2D eigenvalue weighted by Gasteiger charge is 2.13. The third kappa shape index (κ3) is 7.30. The van der Waals surface area contributed by atoms with Crippen LogP contribution in [-0.2, 0) is 32.4 Å². The maximum atomic E-state index is 5.47. The molecule has 0 radical (unpaired) electrons. The standard InChI is InChI=1S/C23H30N4O3.HI/c1-4-21-20(22(5-2)30-27-21)16-26-23(24-13-12-19-7-6-14-29-19)25-15-17-8-10-18(28-3)11-9-17;/h6-11,14H,4-5,12-13,15-16H2,1-3H3,(H2,24,25,26);1H. The maximum absolute atomic E-state index is 5.47. The summed E-state index contributed by atoms with van der Waals surface area (Å²) in [5.41, 5.74) is 3.21. The molecule has 1 aromatic carbocycles. The quantitative estimate of drug-likeness (QED) is 0.225. The molecule has 0 aliphatic rings. The fourth-order valence-corrected chi connectivity index (χ4v) is 3.14. The Morgan fingerprint density at radius 1 is 1.10 bits per heavy atom. The smallest absolute Gasteiger partial charge is 0.191 e. The number of methoxy groups -OCH3 is 1. The van der Waals surface area contributed by atoms with Crippen molar-refractivity contribution in [3.05, 3.63) is 71.0 Å². The SMILES string of the molecule is CCc1noc(CC)c1CNC(=NCc1ccc(OC)cc1)NCCc1ccco1.I. The maximum Gasteiger partial charge on any atom is 0.191 e. The van der Waals surface area contributed by atoms with Gasteiger partial charge in [0, 0.05) is 31.5 Å². The predicted molar refractivity (Wildman–Crippen MR) is 132 cm³/mol. The molecule has 0 atom stereocenters. The van der Waals surface area contributed by atoms with Gasteiger partial charge in [-0.1, -0.05) is 31.1 Å². The molecule has 0 saturated carbocycles. The molecule has 2 N–H and O–H groups in total. The minimum Gasteiger partial charge on any atom is -0.497 e. The summed E-state index contributed by atoms with van der Waals surface area (Å²) in [6.07, 6.45) is 4.12. The van der Waals surface area contributed by atoms with Crippen LogP contribution in [0, 0.1) is 0 Å². The van der Waals surface area contributed by atoms with Crippen LogP contribution in [0.25, 0.3) is 0 Å². The molecule has 0 fully saturated rings. The van der Waals surface area contributed by atoms with E-state index in [9.17, 15) is 0 Å². The van der Waals surface area contributed by atoms with Crippen LogP contribution in [0.15, 0.2) is 56.6 Å². The zero-order valence-corrected chi connectivity index (χ0v) is 20.6. The summed E-state index contributed by atoms with van der Waals surface area (Å²) in [6.45, 7) is 6.05. The summed E-state index contributed by atoms with van der Waals surface area (Å²) in [5, 5.41) is 11.0. The van der Waals surface area contributed by atoms with E-state index in [1.165, 1.54) is 0 Å². The summed E-state index contributed by atoms with van der Waals surface area (Å²) >= 11 is 0. The number of guanidine groups is 1. The van der Waals surface area contributed by atoms with Crippen molar-refractivity contribution in [3.63, 3.8) is 0 Å². The monoisotopic (exact) mass is 538 g/mol. The molecule has 2 heterocycles. The summed E-state index contributed by atoms with van der Waals surface area (Å²) in [5.74, 6) is 3.44. The molecule has 7 nitrogen and oxygen atoms in total. The van der Waals surface area contributed by atoms with Gasteiger partial charge in [0.2, 0.25) is 0 Å². The molecule has 31 heavy (non-hydrogen) atoms. The highest BCUT2D eigenvalue weighted by Crippen LogP contribution is 2.15. The van der Waals surface area contributed by atoms with Gasteiger partial charge in [0.05, 0.1) is 25.6 Å². The van der Waals surface area contributed by atoms with Crippen molar-refractivity contribution in [2.45, 2.75) is 46.2 Å². The van der Waals surface area contributed by atoms with Crippen LogP contribution in [0.4, 0.5) is 0 Å². The first-order valence-corrected chi connectivity index (χ1v) is 10.4. The number of aliphatic imine (C=N–C) groups is 1. The number of aryl methyl sites for hydroxylation is 2. The lowest BCUT2D eigenvalue weighted by Gasteiger charge is -2.13. The van der Waals surface area contributed by atoms with Gasteiger partial charge in [0.15, 0.2) is 5.96 Å². The van der Waals surface area contributed by atoms with Crippen molar-refractivity contribution >= 4 is 29.9 Å². The number of nitrogens with one attached hydrogen (secondary N) is 2. The Kier molecular flexibility index (Phi) is 10.4. The van der Waals surface area contributed by atoms with Crippen LogP contribution >= 0.6 is 24.0 Å². The fraction of sp³-hybridized carbons (Fsp3) is 0.391. The minimum absolute atomic E-state index is 0. The number of rotatable bonds is 10. The first-order chi connectivity index (χ1) is 14.7. The van der Waals surface area contributed by atoms with Crippen molar-refractivity contribution in [1.29, 1.82) is 0 Å². The van der Waals surface area contributed by atoms with Gasteiger partial charge in [0.25, 0.3) is 0 Å². The summed E-state index contributed by atoms with van der Waals surface area (Å²) < 4.78 is 16.1. The Labute approximate surface area is 200 Å². The van der Waals surface area contributed by atoms with Gasteiger partial charge in [-0.05, 0) is 36.2 Å². The average Bonchev–Trinajstić information content (AvgIpc) is 3.44. The molecule has 8 heteroatoms. The van der Waals surface area contributed by atoms with Crippen molar-refractivity contribution in [2.24, 2.45) is 4.99 Å². The molecule has 0 bridgehead atoms. The Morgan fingerprint density at radius 3 is 2.55 bits per heavy atom. The predicted octanol–water partition coefficient (Wildman–Crippen LogP) is 4.50. The third-order valence-electron chi connectivity index (χ3n) is 4.86. The van der Waals surface area contributed by atoms with Crippen LogP contribution in [0.3, 0.4) is 0 Å². The van der Waals surface area contributed by atoms with Gasteiger partial charge >= 0.3 is 0 Å². The van der Waals surface area contributed by atoms with Crippen LogP contribution in [0.2, 0.25) is 0 Å². The van der Waals surface area contributed by atoms with Crippen molar-refractivity contribution < 1.29 is 13.7 Å². The van der Waals surface area contributed by atoms with E-state index >= 15 is 0 Å². The molecule has 0 unspecified atom stereocenters. The average molecular weight is 538 g/mol. The second-order valence-electron chi connectivity index (χ2n) is 6.86. The van der Waals surface area contributed by atoms with E-state index in [4.69, 9.17) is 18.7 Å².